The quantitative estimate of drug-likeness (QED) is 0.612. The molecule has 0 aliphatic carbocycles. The van der Waals surface area contributed by atoms with Crippen molar-refractivity contribution in [3.63, 3.8) is 0 Å². The van der Waals surface area contributed by atoms with Crippen molar-refractivity contribution in [3.05, 3.63) is 41.3 Å². The highest BCUT2D eigenvalue weighted by atomic mass is 19.1. The number of amides is 1. The van der Waals surface area contributed by atoms with Crippen LogP contribution in [-0.2, 0) is 0 Å². The number of aromatic nitrogens is 3. The number of halogens is 1. The van der Waals surface area contributed by atoms with Crippen LogP contribution in [0.5, 0.6) is 5.75 Å². The Labute approximate surface area is 174 Å². The first-order valence-corrected chi connectivity index (χ1v) is 10.3. The molecular weight excluding hydrogens is 385 g/mol. The van der Waals surface area contributed by atoms with Gasteiger partial charge in [-0.3, -0.25) is 9.89 Å². The number of aromatic hydroxyl groups is 1. The summed E-state index contributed by atoms with van der Waals surface area (Å²) in [4.78, 5) is 20.0. The van der Waals surface area contributed by atoms with E-state index in [0.29, 0.717) is 28.8 Å². The minimum Gasteiger partial charge on any atom is -0.508 e. The number of carbonyl (C=O) groups is 1. The van der Waals surface area contributed by atoms with Crippen LogP contribution in [0.15, 0.2) is 24.3 Å². The summed E-state index contributed by atoms with van der Waals surface area (Å²) >= 11 is 0. The van der Waals surface area contributed by atoms with E-state index < -0.39 is 5.82 Å². The molecular formula is C22H26FN5O2. The van der Waals surface area contributed by atoms with E-state index >= 15 is 0 Å². The van der Waals surface area contributed by atoms with Crippen LogP contribution >= 0.6 is 0 Å². The second-order valence-electron chi connectivity index (χ2n) is 7.97. The fraction of sp³-hybridized carbons (Fsp3) is 0.409. The average Bonchev–Trinajstić information content (AvgIpc) is 3.09. The molecule has 158 valence electrons. The lowest BCUT2D eigenvalue weighted by molar-refractivity contribution is 0.0604. The first-order chi connectivity index (χ1) is 14.4. The predicted molar refractivity (Wildman–Crippen MR) is 113 cm³/mol. The number of aryl methyl sites for hydroxylation is 1. The monoisotopic (exact) mass is 411 g/mol. The van der Waals surface area contributed by atoms with Gasteiger partial charge in [-0.05, 0) is 38.5 Å². The Kier molecular flexibility index (Phi) is 5.42. The van der Waals surface area contributed by atoms with Crippen LogP contribution in [-0.4, -0.2) is 56.3 Å². The SMILES string of the molecule is CCCC1CN(C(=O)c2cc(-c3ccc(O)cc3F)nc3n[nH]c(C)c23)C(C)CN1. The van der Waals surface area contributed by atoms with E-state index in [1.165, 1.54) is 12.1 Å². The van der Waals surface area contributed by atoms with E-state index in [-0.39, 0.29) is 29.3 Å². The van der Waals surface area contributed by atoms with E-state index in [1.807, 2.05) is 18.7 Å². The van der Waals surface area contributed by atoms with Gasteiger partial charge in [0.2, 0.25) is 0 Å². The molecule has 1 aliphatic heterocycles. The summed E-state index contributed by atoms with van der Waals surface area (Å²) in [6, 6.07) is 5.81. The second-order valence-corrected chi connectivity index (χ2v) is 7.97. The van der Waals surface area contributed by atoms with Gasteiger partial charge in [0.05, 0.1) is 16.6 Å². The van der Waals surface area contributed by atoms with Crippen molar-refractivity contribution in [2.45, 2.75) is 45.7 Å². The lowest BCUT2D eigenvalue weighted by atomic mass is 10.0. The summed E-state index contributed by atoms with van der Waals surface area (Å²) in [7, 11) is 0. The number of rotatable bonds is 4. The number of phenols is 1. The fourth-order valence-electron chi connectivity index (χ4n) is 4.10. The highest BCUT2D eigenvalue weighted by Crippen LogP contribution is 2.30. The summed E-state index contributed by atoms with van der Waals surface area (Å²) in [5.74, 6) is -0.880. The lowest BCUT2D eigenvalue weighted by Gasteiger charge is -2.39. The Bertz CT molecular complexity index is 1100. The molecule has 0 spiro atoms. The van der Waals surface area contributed by atoms with Crippen molar-refractivity contribution in [3.8, 4) is 17.0 Å². The standard InChI is InChI=1S/C22H26FN5O2/c1-4-5-14-11-28(12(2)10-24-14)22(30)17-9-19(16-7-6-15(29)8-18(16)23)25-21-20(17)13(3)26-27-21/h6-9,12,14,24,29H,4-5,10-11H2,1-3H3,(H,25,26,27). The molecule has 0 bridgehead atoms. The van der Waals surface area contributed by atoms with Gasteiger partial charge in [-0.25, -0.2) is 9.37 Å². The molecule has 0 radical (unpaired) electrons. The number of benzene rings is 1. The summed E-state index contributed by atoms with van der Waals surface area (Å²) in [5.41, 5.74) is 2.09. The third-order valence-corrected chi connectivity index (χ3v) is 5.71. The van der Waals surface area contributed by atoms with E-state index in [1.54, 1.807) is 6.07 Å². The Balaban J connectivity index is 1.81. The third-order valence-electron chi connectivity index (χ3n) is 5.71. The molecule has 1 aliphatic rings. The number of H-pyrrole nitrogens is 1. The molecule has 0 saturated carbocycles. The van der Waals surface area contributed by atoms with E-state index in [0.717, 1.165) is 31.1 Å². The lowest BCUT2D eigenvalue weighted by Crippen LogP contribution is -2.57. The van der Waals surface area contributed by atoms with Crippen molar-refractivity contribution in [2.75, 3.05) is 13.1 Å². The van der Waals surface area contributed by atoms with Gasteiger partial charge in [-0.1, -0.05) is 13.3 Å². The molecule has 1 amide bonds. The number of carbonyl (C=O) groups excluding carboxylic acids is 1. The first-order valence-electron chi connectivity index (χ1n) is 10.3. The maximum Gasteiger partial charge on any atom is 0.255 e. The van der Waals surface area contributed by atoms with Crippen molar-refractivity contribution < 1.29 is 14.3 Å². The van der Waals surface area contributed by atoms with Crippen LogP contribution in [0.3, 0.4) is 0 Å². The average molecular weight is 411 g/mol. The van der Waals surface area contributed by atoms with Gasteiger partial charge < -0.3 is 15.3 Å². The van der Waals surface area contributed by atoms with Crippen molar-refractivity contribution in [2.24, 2.45) is 0 Å². The number of piperazine rings is 1. The molecule has 8 heteroatoms. The summed E-state index contributed by atoms with van der Waals surface area (Å²) in [5, 5.41) is 20.8. The van der Waals surface area contributed by atoms with Crippen molar-refractivity contribution in [1.29, 1.82) is 0 Å². The number of hydrogen-bond acceptors (Lipinski definition) is 5. The van der Waals surface area contributed by atoms with Gasteiger partial charge in [-0.2, -0.15) is 5.10 Å². The zero-order valence-corrected chi connectivity index (χ0v) is 17.4. The van der Waals surface area contributed by atoms with Crippen LogP contribution in [0, 0.1) is 12.7 Å². The van der Waals surface area contributed by atoms with Gasteiger partial charge in [0.15, 0.2) is 5.65 Å². The highest BCUT2D eigenvalue weighted by molar-refractivity contribution is 6.07. The van der Waals surface area contributed by atoms with Gasteiger partial charge in [0.1, 0.15) is 11.6 Å². The van der Waals surface area contributed by atoms with Crippen LogP contribution < -0.4 is 5.32 Å². The first kappa shape index (κ1) is 20.3. The molecule has 1 saturated heterocycles. The number of aromatic amines is 1. The molecule has 4 rings (SSSR count). The minimum atomic E-state index is -0.606. The topological polar surface area (TPSA) is 94.1 Å². The molecule has 30 heavy (non-hydrogen) atoms. The van der Waals surface area contributed by atoms with Crippen molar-refractivity contribution >= 4 is 16.9 Å². The molecule has 2 unspecified atom stereocenters. The molecule has 2 aromatic heterocycles. The molecule has 1 aromatic carbocycles. The minimum absolute atomic E-state index is 0.0369. The Morgan fingerprint density at radius 2 is 2.17 bits per heavy atom. The van der Waals surface area contributed by atoms with Crippen LogP contribution in [0.4, 0.5) is 4.39 Å². The van der Waals surface area contributed by atoms with Gasteiger partial charge in [-0.15, -0.1) is 0 Å². The molecule has 1 fully saturated rings. The predicted octanol–water partition coefficient (Wildman–Crippen LogP) is 3.38. The maximum atomic E-state index is 14.5. The van der Waals surface area contributed by atoms with Crippen LogP contribution in [0.25, 0.3) is 22.3 Å². The molecule has 3 heterocycles. The van der Waals surface area contributed by atoms with Gasteiger partial charge in [0.25, 0.3) is 5.91 Å². The number of nitrogens with one attached hydrogen (secondary N) is 2. The maximum absolute atomic E-state index is 14.5. The number of phenolic OH excluding ortho intramolecular Hbond substituents is 1. The molecule has 2 atom stereocenters. The molecule has 3 N–H and O–H groups in total. The molecule has 7 nitrogen and oxygen atoms in total. The summed E-state index contributed by atoms with van der Waals surface area (Å²) in [6.45, 7) is 7.35. The molecule has 3 aromatic rings. The summed E-state index contributed by atoms with van der Waals surface area (Å²) < 4.78 is 14.5. The largest absolute Gasteiger partial charge is 0.508 e. The van der Waals surface area contributed by atoms with Crippen LogP contribution in [0.1, 0.15) is 42.7 Å². The van der Waals surface area contributed by atoms with E-state index in [9.17, 15) is 14.3 Å². The Morgan fingerprint density at radius 3 is 2.90 bits per heavy atom. The number of pyridine rings is 1. The van der Waals surface area contributed by atoms with E-state index in [2.05, 4.69) is 27.4 Å². The van der Waals surface area contributed by atoms with Crippen molar-refractivity contribution in [1.82, 2.24) is 25.4 Å². The smallest absolute Gasteiger partial charge is 0.255 e. The number of hydrogen-bond donors (Lipinski definition) is 3. The highest BCUT2D eigenvalue weighted by Gasteiger charge is 2.31. The van der Waals surface area contributed by atoms with Crippen LogP contribution in [0.2, 0.25) is 0 Å². The third kappa shape index (κ3) is 3.63. The van der Waals surface area contributed by atoms with E-state index in [4.69, 9.17) is 0 Å². The number of nitrogens with zero attached hydrogens (tertiary/aromatic N) is 3. The zero-order valence-electron chi connectivity index (χ0n) is 17.4. The van der Waals surface area contributed by atoms with Gasteiger partial charge in [0, 0.05) is 42.5 Å². The normalized spacial score (nSPS) is 19.4. The van der Waals surface area contributed by atoms with Gasteiger partial charge >= 0.3 is 0 Å². The number of fused-ring (bicyclic) bond motifs is 1. The second kappa shape index (κ2) is 8.02. The zero-order chi connectivity index (χ0) is 21.4. The Morgan fingerprint density at radius 1 is 1.37 bits per heavy atom. The fourth-order valence-corrected chi connectivity index (χ4v) is 4.10. The summed E-state index contributed by atoms with van der Waals surface area (Å²) in [6.07, 6.45) is 2.04. The Hall–Kier alpha value is -3.00.